The van der Waals surface area contributed by atoms with Crippen LogP contribution in [0.3, 0.4) is 0 Å². The highest BCUT2D eigenvalue weighted by atomic mass is 16.1. The molecule has 0 radical (unpaired) electrons. The van der Waals surface area contributed by atoms with Crippen molar-refractivity contribution in [3.8, 4) is 5.69 Å². The molecule has 1 unspecified atom stereocenters. The number of hydrogen-bond acceptors (Lipinski definition) is 3. The van der Waals surface area contributed by atoms with Gasteiger partial charge in [-0.15, -0.1) is 0 Å². The Labute approximate surface area is 178 Å². The summed E-state index contributed by atoms with van der Waals surface area (Å²) in [7, 11) is 0. The van der Waals surface area contributed by atoms with Crippen molar-refractivity contribution in [3.63, 3.8) is 0 Å². The second-order valence-electron chi connectivity index (χ2n) is 8.15. The summed E-state index contributed by atoms with van der Waals surface area (Å²) in [5.41, 5.74) is 3.62. The predicted octanol–water partition coefficient (Wildman–Crippen LogP) is 3.83. The molecule has 0 saturated carbocycles. The first-order valence-corrected chi connectivity index (χ1v) is 10.9. The number of carbonyl (C=O) groups excluding carboxylic acids is 1. The van der Waals surface area contributed by atoms with Crippen molar-refractivity contribution in [2.24, 2.45) is 5.92 Å². The monoisotopic (exact) mass is 402 g/mol. The van der Waals surface area contributed by atoms with Crippen LogP contribution in [0.4, 0.5) is 0 Å². The number of amides is 1. The van der Waals surface area contributed by atoms with Crippen molar-refractivity contribution in [1.82, 2.24) is 20.0 Å². The molecule has 1 amide bonds. The lowest BCUT2D eigenvalue weighted by molar-refractivity contribution is -0.121. The van der Waals surface area contributed by atoms with Gasteiger partial charge in [-0.25, -0.2) is 4.68 Å². The summed E-state index contributed by atoms with van der Waals surface area (Å²) in [5, 5.41) is 7.43. The van der Waals surface area contributed by atoms with E-state index in [0.29, 0.717) is 12.3 Å². The summed E-state index contributed by atoms with van der Waals surface area (Å²) in [6.45, 7) is 3.90. The van der Waals surface area contributed by atoms with E-state index in [0.717, 1.165) is 38.3 Å². The number of nitrogens with zero attached hydrogens (tertiary/aromatic N) is 3. The Morgan fingerprint density at radius 2 is 1.87 bits per heavy atom. The highest BCUT2D eigenvalue weighted by Gasteiger charge is 2.20. The van der Waals surface area contributed by atoms with Gasteiger partial charge in [-0.2, -0.15) is 5.10 Å². The van der Waals surface area contributed by atoms with Gasteiger partial charge < -0.3 is 5.32 Å². The zero-order chi connectivity index (χ0) is 20.6. The van der Waals surface area contributed by atoms with Crippen LogP contribution in [-0.4, -0.2) is 40.2 Å². The average Bonchev–Trinajstić information content (AvgIpc) is 3.33. The van der Waals surface area contributed by atoms with Gasteiger partial charge in [-0.1, -0.05) is 42.5 Å². The van der Waals surface area contributed by atoms with E-state index in [-0.39, 0.29) is 5.91 Å². The van der Waals surface area contributed by atoms with Gasteiger partial charge in [-0.3, -0.25) is 9.69 Å². The van der Waals surface area contributed by atoms with E-state index < -0.39 is 0 Å². The number of rotatable bonds is 8. The molecule has 1 atom stereocenters. The molecule has 2 heterocycles. The van der Waals surface area contributed by atoms with Crippen molar-refractivity contribution in [2.75, 3.05) is 19.6 Å². The first-order valence-electron chi connectivity index (χ1n) is 10.9. The number of likely N-dealkylation sites (tertiary alicyclic amines) is 1. The van der Waals surface area contributed by atoms with Crippen LogP contribution in [0.1, 0.15) is 30.4 Å². The van der Waals surface area contributed by atoms with Crippen molar-refractivity contribution in [1.29, 1.82) is 0 Å². The SMILES string of the molecule is O=C(CCc1ccccc1)NCC1CCCN(Cc2ccc(-n3cccn3)cc2)C1. The Bertz CT molecular complexity index is 906. The fourth-order valence-corrected chi connectivity index (χ4v) is 4.14. The molecule has 1 aromatic heterocycles. The number of carbonyl (C=O) groups is 1. The quantitative estimate of drug-likeness (QED) is 0.623. The highest BCUT2D eigenvalue weighted by molar-refractivity contribution is 5.76. The van der Waals surface area contributed by atoms with Crippen LogP contribution in [-0.2, 0) is 17.8 Å². The Balaban J connectivity index is 1.21. The minimum absolute atomic E-state index is 0.158. The van der Waals surface area contributed by atoms with E-state index >= 15 is 0 Å². The zero-order valence-electron chi connectivity index (χ0n) is 17.4. The molecular formula is C25H30N4O. The third kappa shape index (κ3) is 5.80. The van der Waals surface area contributed by atoms with Gasteiger partial charge in [0.15, 0.2) is 0 Å². The molecule has 30 heavy (non-hydrogen) atoms. The van der Waals surface area contributed by atoms with Crippen molar-refractivity contribution >= 4 is 5.91 Å². The molecule has 0 bridgehead atoms. The first kappa shape index (κ1) is 20.4. The summed E-state index contributed by atoms with van der Waals surface area (Å²) in [5.74, 6) is 0.688. The van der Waals surface area contributed by atoms with Crippen molar-refractivity contribution < 1.29 is 4.79 Å². The smallest absolute Gasteiger partial charge is 0.220 e. The molecule has 4 rings (SSSR count). The number of nitrogens with one attached hydrogen (secondary N) is 1. The van der Waals surface area contributed by atoms with Gasteiger partial charge in [0.05, 0.1) is 5.69 Å². The second-order valence-corrected chi connectivity index (χ2v) is 8.15. The molecule has 0 aliphatic carbocycles. The molecule has 1 saturated heterocycles. The predicted molar refractivity (Wildman–Crippen MR) is 119 cm³/mol. The van der Waals surface area contributed by atoms with Crippen LogP contribution in [0.15, 0.2) is 73.1 Å². The van der Waals surface area contributed by atoms with E-state index in [4.69, 9.17) is 0 Å². The normalized spacial score (nSPS) is 17.0. The van der Waals surface area contributed by atoms with E-state index in [1.54, 1.807) is 6.20 Å². The third-order valence-corrected chi connectivity index (χ3v) is 5.79. The Morgan fingerprint density at radius 3 is 2.63 bits per heavy atom. The zero-order valence-corrected chi connectivity index (χ0v) is 17.4. The van der Waals surface area contributed by atoms with Crippen LogP contribution < -0.4 is 5.32 Å². The molecule has 1 aliphatic rings. The fourth-order valence-electron chi connectivity index (χ4n) is 4.14. The molecule has 1 N–H and O–H groups in total. The Morgan fingerprint density at radius 1 is 1.03 bits per heavy atom. The van der Waals surface area contributed by atoms with Gasteiger partial charge in [0.1, 0.15) is 0 Å². The van der Waals surface area contributed by atoms with Crippen LogP contribution in [0.5, 0.6) is 0 Å². The number of aryl methyl sites for hydroxylation is 1. The second kappa shape index (κ2) is 10.2. The maximum absolute atomic E-state index is 12.2. The van der Waals surface area contributed by atoms with Crippen LogP contribution in [0.2, 0.25) is 0 Å². The van der Waals surface area contributed by atoms with E-state index in [2.05, 4.69) is 51.7 Å². The molecule has 5 nitrogen and oxygen atoms in total. The molecule has 0 spiro atoms. The first-order chi connectivity index (χ1) is 14.8. The van der Waals surface area contributed by atoms with Crippen molar-refractivity contribution in [3.05, 3.63) is 84.2 Å². The minimum Gasteiger partial charge on any atom is -0.356 e. The number of aromatic nitrogens is 2. The lowest BCUT2D eigenvalue weighted by Crippen LogP contribution is -2.40. The van der Waals surface area contributed by atoms with Gasteiger partial charge in [0.25, 0.3) is 0 Å². The maximum Gasteiger partial charge on any atom is 0.220 e. The Kier molecular flexibility index (Phi) is 6.93. The molecule has 1 fully saturated rings. The summed E-state index contributed by atoms with van der Waals surface area (Å²) in [4.78, 5) is 14.7. The van der Waals surface area contributed by atoms with Crippen LogP contribution >= 0.6 is 0 Å². The van der Waals surface area contributed by atoms with E-state index in [1.165, 1.54) is 24.0 Å². The van der Waals surface area contributed by atoms with E-state index in [1.807, 2.05) is 35.1 Å². The molecule has 3 aromatic rings. The molecule has 5 heteroatoms. The average molecular weight is 403 g/mol. The summed E-state index contributed by atoms with van der Waals surface area (Å²) in [6, 6.07) is 20.8. The molecular weight excluding hydrogens is 372 g/mol. The number of hydrogen-bond donors (Lipinski definition) is 1. The molecule has 156 valence electrons. The largest absolute Gasteiger partial charge is 0.356 e. The lowest BCUT2D eigenvalue weighted by Gasteiger charge is -2.33. The highest BCUT2D eigenvalue weighted by Crippen LogP contribution is 2.19. The summed E-state index contributed by atoms with van der Waals surface area (Å²) >= 11 is 0. The van der Waals surface area contributed by atoms with Crippen LogP contribution in [0.25, 0.3) is 5.69 Å². The lowest BCUT2D eigenvalue weighted by atomic mass is 9.97. The number of benzene rings is 2. The number of piperidine rings is 1. The fraction of sp³-hybridized carbons (Fsp3) is 0.360. The maximum atomic E-state index is 12.2. The van der Waals surface area contributed by atoms with E-state index in [9.17, 15) is 4.79 Å². The van der Waals surface area contributed by atoms with Gasteiger partial charge in [-0.05, 0) is 61.1 Å². The summed E-state index contributed by atoms with van der Waals surface area (Å²) in [6.07, 6.45) is 7.49. The summed E-state index contributed by atoms with van der Waals surface area (Å²) < 4.78 is 1.88. The van der Waals surface area contributed by atoms with Crippen LogP contribution in [0, 0.1) is 5.92 Å². The van der Waals surface area contributed by atoms with Gasteiger partial charge >= 0.3 is 0 Å². The third-order valence-electron chi connectivity index (χ3n) is 5.79. The molecule has 1 aliphatic heterocycles. The topological polar surface area (TPSA) is 50.2 Å². The Hall–Kier alpha value is -2.92. The van der Waals surface area contributed by atoms with Gasteiger partial charge in [0.2, 0.25) is 5.91 Å². The molecule has 2 aromatic carbocycles. The van der Waals surface area contributed by atoms with Crippen molar-refractivity contribution in [2.45, 2.75) is 32.2 Å². The standard InChI is InChI=1S/C25H30N4O/c30-25(14-11-21-6-2-1-3-7-21)26-18-23-8-4-16-28(20-23)19-22-9-12-24(13-10-22)29-17-5-15-27-29/h1-3,5-7,9-10,12-13,15,17,23H,4,8,11,14,16,18-20H2,(H,26,30). The van der Waals surface area contributed by atoms with Gasteiger partial charge in [0, 0.05) is 38.4 Å². The minimum atomic E-state index is 0.158.